The molecule has 0 spiro atoms. The molecule has 0 heterocycles. The van der Waals surface area contributed by atoms with Crippen LogP contribution in [0.2, 0.25) is 0 Å². The van der Waals surface area contributed by atoms with Crippen LogP contribution in [0.25, 0.3) is 0 Å². The van der Waals surface area contributed by atoms with Crippen molar-refractivity contribution >= 4 is 0 Å². The van der Waals surface area contributed by atoms with Crippen molar-refractivity contribution in [3.05, 3.63) is 53.1 Å². The van der Waals surface area contributed by atoms with E-state index >= 15 is 0 Å². The summed E-state index contributed by atoms with van der Waals surface area (Å²) in [6.07, 6.45) is 0.981. The summed E-state index contributed by atoms with van der Waals surface area (Å²) in [5, 5.41) is 3.15. The zero-order chi connectivity index (χ0) is 15.2. The molecule has 0 aliphatic heterocycles. The first kappa shape index (κ1) is 15.4. The molecule has 2 aromatic carbocycles. The average molecular weight is 285 g/mol. The lowest BCUT2D eigenvalue weighted by molar-refractivity contribution is 0.377. The molecule has 0 saturated heterocycles. The lowest BCUT2D eigenvalue weighted by Gasteiger charge is -2.14. The lowest BCUT2D eigenvalue weighted by Crippen LogP contribution is -2.05. The maximum absolute atomic E-state index is 6.02. The van der Waals surface area contributed by atoms with Crippen LogP contribution in [0.3, 0.4) is 0 Å². The molecule has 0 aliphatic rings. The Morgan fingerprint density at radius 2 is 1.67 bits per heavy atom. The van der Waals surface area contributed by atoms with Crippen molar-refractivity contribution in [2.45, 2.75) is 26.8 Å². The van der Waals surface area contributed by atoms with Gasteiger partial charge in [0.05, 0.1) is 7.11 Å². The Bertz CT molecular complexity index is 608. The normalized spacial score (nSPS) is 10.5. The third-order valence-electron chi connectivity index (χ3n) is 3.48. The van der Waals surface area contributed by atoms with Crippen molar-refractivity contribution < 1.29 is 9.47 Å². The molecule has 3 nitrogen and oxygen atoms in total. The number of hydrogen-bond donors (Lipinski definition) is 1. The summed E-state index contributed by atoms with van der Waals surface area (Å²) in [5.74, 6) is 2.38. The zero-order valence-electron chi connectivity index (χ0n) is 13.2. The summed E-state index contributed by atoms with van der Waals surface area (Å²) in [6, 6.07) is 12.3. The summed E-state index contributed by atoms with van der Waals surface area (Å²) in [5.41, 5.74) is 3.60. The van der Waals surface area contributed by atoms with Crippen molar-refractivity contribution in [3.8, 4) is 17.2 Å². The van der Waals surface area contributed by atoms with E-state index in [-0.39, 0.29) is 0 Å². The van der Waals surface area contributed by atoms with E-state index in [0.29, 0.717) is 0 Å². The third kappa shape index (κ3) is 3.76. The molecule has 1 N–H and O–H groups in total. The predicted octanol–water partition coefficient (Wildman–Crippen LogP) is 4.08. The number of benzene rings is 2. The highest BCUT2D eigenvalue weighted by Gasteiger charge is 2.08. The maximum atomic E-state index is 6.02. The fourth-order valence-corrected chi connectivity index (χ4v) is 2.27. The Balaban J connectivity index is 2.25. The van der Waals surface area contributed by atoms with E-state index in [2.05, 4.69) is 37.4 Å². The maximum Gasteiger partial charge on any atom is 0.169 e. The second-order valence-corrected chi connectivity index (χ2v) is 5.07. The van der Waals surface area contributed by atoms with Crippen LogP contribution in [0.5, 0.6) is 17.2 Å². The molecular formula is C18H23NO2. The first-order valence-corrected chi connectivity index (χ1v) is 7.26. The molecule has 0 amide bonds. The summed E-state index contributed by atoms with van der Waals surface area (Å²) in [7, 11) is 3.62. The molecule has 21 heavy (non-hydrogen) atoms. The van der Waals surface area contributed by atoms with E-state index in [1.165, 1.54) is 11.1 Å². The topological polar surface area (TPSA) is 30.5 Å². The Labute approximate surface area is 126 Å². The largest absolute Gasteiger partial charge is 0.493 e. The van der Waals surface area contributed by atoms with Crippen molar-refractivity contribution in [2.75, 3.05) is 14.2 Å². The van der Waals surface area contributed by atoms with E-state index < -0.39 is 0 Å². The molecule has 2 aromatic rings. The minimum absolute atomic E-state index is 0.749. The number of hydrogen-bond acceptors (Lipinski definition) is 3. The highest BCUT2D eigenvalue weighted by atomic mass is 16.5. The molecule has 0 unspecified atom stereocenters. The molecule has 112 valence electrons. The molecule has 0 aromatic heterocycles. The van der Waals surface area contributed by atoms with Gasteiger partial charge in [-0.15, -0.1) is 0 Å². The number of methoxy groups -OCH3 is 1. The van der Waals surface area contributed by atoms with Crippen LogP contribution in [-0.2, 0) is 13.0 Å². The standard InChI is InChI=1S/C18H23NO2/c1-5-14-6-9-17(18(11-14)20-4)21-16-8-7-15(12-19-3)10-13(16)2/h6-11,19H,5,12H2,1-4H3. The number of ether oxygens (including phenoxy) is 2. The van der Waals surface area contributed by atoms with Gasteiger partial charge in [-0.1, -0.05) is 25.1 Å². The summed E-state index contributed by atoms with van der Waals surface area (Å²) in [4.78, 5) is 0. The molecule has 0 fully saturated rings. The van der Waals surface area contributed by atoms with Crippen LogP contribution in [0.4, 0.5) is 0 Å². The quantitative estimate of drug-likeness (QED) is 0.867. The Morgan fingerprint density at radius 1 is 0.952 bits per heavy atom. The van der Waals surface area contributed by atoms with Gasteiger partial charge in [0.25, 0.3) is 0 Å². The van der Waals surface area contributed by atoms with Gasteiger partial charge in [-0.2, -0.15) is 0 Å². The molecule has 0 bridgehead atoms. The highest BCUT2D eigenvalue weighted by Crippen LogP contribution is 2.34. The predicted molar refractivity (Wildman–Crippen MR) is 86.4 cm³/mol. The number of rotatable bonds is 6. The minimum atomic E-state index is 0.749. The molecule has 0 radical (unpaired) electrons. The van der Waals surface area contributed by atoms with E-state index in [4.69, 9.17) is 9.47 Å². The summed E-state index contributed by atoms with van der Waals surface area (Å²) in [6.45, 7) is 5.04. The van der Waals surface area contributed by atoms with E-state index in [1.807, 2.05) is 25.2 Å². The Morgan fingerprint density at radius 3 is 2.29 bits per heavy atom. The van der Waals surface area contributed by atoms with Gasteiger partial charge >= 0.3 is 0 Å². The van der Waals surface area contributed by atoms with E-state index in [0.717, 1.165) is 35.8 Å². The Kier molecular flexibility index (Phi) is 5.23. The van der Waals surface area contributed by atoms with Gasteiger partial charge in [-0.05, 0) is 55.3 Å². The van der Waals surface area contributed by atoms with Crippen LogP contribution < -0.4 is 14.8 Å². The van der Waals surface area contributed by atoms with Crippen molar-refractivity contribution in [1.29, 1.82) is 0 Å². The Hall–Kier alpha value is -2.00. The second-order valence-electron chi connectivity index (χ2n) is 5.07. The fraction of sp³-hybridized carbons (Fsp3) is 0.333. The van der Waals surface area contributed by atoms with Gasteiger partial charge in [0.15, 0.2) is 11.5 Å². The van der Waals surface area contributed by atoms with Gasteiger partial charge in [-0.3, -0.25) is 0 Å². The minimum Gasteiger partial charge on any atom is -0.493 e. The first-order valence-electron chi connectivity index (χ1n) is 7.26. The smallest absolute Gasteiger partial charge is 0.169 e. The SMILES string of the molecule is CCc1ccc(Oc2ccc(CNC)cc2C)c(OC)c1. The van der Waals surface area contributed by atoms with Gasteiger partial charge in [0.1, 0.15) is 5.75 Å². The molecule has 3 heteroatoms. The molecule has 0 atom stereocenters. The number of nitrogens with one attached hydrogen (secondary N) is 1. The van der Waals surface area contributed by atoms with Crippen LogP contribution in [0, 0.1) is 6.92 Å². The molecule has 2 rings (SSSR count). The van der Waals surface area contributed by atoms with Crippen LogP contribution in [0.1, 0.15) is 23.6 Å². The fourth-order valence-electron chi connectivity index (χ4n) is 2.27. The van der Waals surface area contributed by atoms with Crippen molar-refractivity contribution in [1.82, 2.24) is 5.32 Å². The molecule has 0 aliphatic carbocycles. The van der Waals surface area contributed by atoms with Crippen LogP contribution in [-0.4, -0.2) is 14.2 Å². The number of aryl methyl sites for hydroxylation is 2. The van der Waals surface area contributed by atoms with E-state index in [1.54, 1.807) is 7.11 Å². The van der Waals surface area contributed by atoms with Crippen molar-refractivity contribution in [2.24, 2.45) is 0 Å². The van der Waals surface area contributed by atoms with Gasteiger partial charge in [0.2, 0.25) is 0 Å². The molecular weight excluding hydrogens is 262 g/mol. The zero-order valence-corrected chi connectivity index (χ0v) is 13.2. The second kappa shape index (κ2) is 7.14. The van der Waals surface area contributed by atoms with Crippen LogP contribution >= 0.6 is 0 Å². The summed E-state index contributed by atoms with van der Waals surface area (Å²) < 4.78 is 11.4. The van der Waals surface area contributed by atoms with Gasteiger partial charge in [0, 0.05) is 6.54 Å². The van der Waals surface area contributed by atoms with Crippen LogP contribution in [0.15, 0.2) is 36.4 Å². The van der Waals surface area contributed by atoms with Gasteiger partial charge < -0.3 is 14.8 Å². The molecule has 0 saturated carbocycles. The lowest BCUT2D eigenvalue weighted by atomic mass is 10.1. The van der Waals surface area contributed by atoms with Gasteiger partial charge in [-0.25, -0.2) is 0 Å². The monoisotopic (exact) mass is 285 g/mol. The van der Waals surface area contributed by atoms with E-state index in [9.17, 15) is 0 Å². The first-order chi connectivity index (χ1) is 10.2. The average Bonchev–Trinajstić information content (AvgIpc) is 2.50. The third-order valence-corrected chi connectivity index (χ3v) is 3.48. The van der Waals surface area contributed by atoms with Crippen molar-refractivity contribution in [3.63, 3.8) is 0 Å². The highest BCUT2D eigenvalue weighted by molar-refractivity contribution is 5.47. The summed E-state index contributed by atoms with van der Waals surface area (Å²) >= 11 is 0.